The number of halogens is 3. The zero-order chi connectivity index (χ0) is 21.9. The van der Waals surface area contributed by atoms with Crippen LogP contribution in [0.1, 0.15) is 12.0 Å². The minimum absolute atomic E-state index is 0.0648. The van der Waals surface area contributed by atoms with Crippen molar-refractivity contribution in [2.75, 3.05) is 32.6 Å². The summed E-state index contributed by atoms with van der Waals surface area (Å²) in [6.07, 6.45) is -3.48. The molecular formula is C20H25F3N2O4. The van der Waals surface area contributed by atoms with Crippen LogP contribution in [0.3, 0.4) is 0 Å². The standard InChI is InChI=1S/C15H14F3NO2.C4H9NO.CH2O/c1-19-13-9-12(7-8-14(13)20-2)21-11-5-3-10(4-6-11)15(16,17)18;6-4-1-2-5-3-4;1-2/h3-9,19H,1-2H3;4-6H,1-3H2;1H2. The number of alkyl halides is 3. The molecule has 0 spiro atoms. The average molecular weight is 414 g/mol. The van der Waals surface area contributed by atoms with E-state index in [1.165, 1.54) is 12.1 Å². The number of carbonyl (C=O) groups is 1. The summed E-state index contributed by atoms with van der Waals surface area (Å²) < 4.78 is 48.1. The topological polar surface area (TPSA) is 79.8 Å². The molecule has 3 rings (SSSR count). The molecule has 6 nitrogen and oxygen atoms in total. The summed E-state index contributed by atoms with van der Waals surface area (Å²) >= 11 is 0. The Kier molecular flexibility index (Phi) is 9.98. The van der Waals surface area contributed by atoms with Crippen LogP contribution in [0.4, 0.5) is 18.9 Å². The first-order chi connectivity index (χ1) is 13.8. The molecule has 9 heteroatoms. The maximum Gasteiger partial charge on any atom is 0.416 e. The van der Waals surface area contributed by atoms with E-state index in [-0.39, 0.29) is 6.10 Å². The molecule has 0 radical (unpaired) electrons. The number of anilines is 1. The van der Waals surface area contributed by atoms with Crippen molar-refractivity contribution in [3.8, 4) is 17.2 Å². The molecule has 1 aliphatic heterocycles. The summed E-state index contributed by atoms with van der Waals surface area (Å²) in [5.41, 5.74) is 0.0161. The third-order valence-corrected chi connectivity index (χ3v) is 3.89. The molecule has 0 aromatic heterocycles. The van der Waals surface area contributed by atoms with Gasteiger partial charge in [0.2, 0.25) is 0 Å². The van der Waals surface area contributed by atoms with Crippen LogP contribution < -0.4 is 20.1 Å². The summed E-state index contributed by atoms with van der Waals surface area (Å²) in [5.74, 6) is 1.48. The van der Waals surface area contributed by atoms with Gasteiger partial charge in [0.25, 0.3) is 0 Å². The van der Waals surface area contributed by atoms with Crippen molar-refractivity contribution in [1.82, 2.24) is 5.32 Å². The molecule has 0 saturated carbocycles. The number of carbonyl (C=O) groups excluding carboxylic acids is 1. The SMILES string of the molecule is C=O.CNc1cc(Oc2ccc(C(F)(F)F)cc2)ccc1OC.OC1CCNC1. The Labute approximate surface area is 167 Å². The zero-order valence-corrected chi connectivity index (χ0v) is 16.3. The van der Waals surface area contributed by atoms with Gasteiger partial charge in [-0.05, 0) is 49.4 Å². The monoisotopic (exact) mass is 414 g/mol. The molecule has 29 heavy (non-hydrogen) atoms. The minimum atomic E-state index is -4.35. The van der Waals surface area contributed by atoms with Gasteiger partial charge in [-0.3, -0.25) is 0 Å². The maximum atomic E-state index is 12.5. The van der Waals surface area contributed by atoms with Crippen LogP contribution in [0.15, 0.2) is 42.5 Å². The third-order valence-electron chi connectivity index (χ3n) is 3.89. The van der Waals surface area contributed by atoms with Gasteiger partial charge in [0, 0.05) is 19.7 Å². The van der Waals surface area contributed by atoms with Crippen LogP contribution >= 0.6 is 0 Å². The Bertz CT molecular complexity index is 733. The molecule has 0 amide bonds. The normalized spacial score (nSPS) is 15.3. The van der Waals surface area contributed by atoms with Gasteiger partial charge in [-0.1, -0.05) is 0 Å². The zero-order valence-electron chi connectivity index (χ0n) is 16.3. The highest BCUT2D eigenvalue weighted by Crippen LogP contribution is 2.33. The lowest BCUT2D eigenvalue weighted by Gasteiger charge is -2.12. The lowest BCUT2D eigenvalue weighted by molar-refractivity contribution is -0.137. The number of rotatable bonds is 4. The number of aliphatic hydroxyl groups is 1. The lowest BCUT2D eigenvalue weighted by Crippen LogP contribution is -2.11. The highest BCUT2D eigenvalue weighted by molar-refractivity contribution is 5.59. The fraction of sp³-hybridized carbons (Fsp3) is 0.350. The molecule has 0 bridgehead atoms. The van der Waals surface area contributed by atoms with Crippen LogP contribution in [0, 0.1) is 0 Å². The summed E-state index contributed by atoms with van der Waals surface area (Å²) in [4.78, 5) is 8.00. The Hall–Kier alpha value is -2.78. The second-order valence-corrected chi connectivity index (χ2v) is 5.88. The number of nitrogens with one attached hydrogen (secondary N) is 2. The van der Waals surface area contributed by atoms with Crippen molar-refractivity contribution in [1.29, 1.82) is 0 Å². The summed E-state index contributed by atoms with van der Waals surface area (Å²) in [7, 11) is 3.28. The third kappa shape index (κ3) is 8.00. The fourth-order valence-electron chi connectivity index (χ4n) is 2.43. The molecule has 2 aromatic carbocycles. The number of methoxy groups -OCH3 is 1. The molecule has 1 heterocycles. The van der Waals surface area contributed by atoms with Crippen LogP contribution in [0.25, 0.3) is 0 Å². The molecule has 1 unspecified atom stereocenters. The van der Waals surface area contributed by atoms with Crippen LogP contribution in [0.2, 0.25) is 0 Å². The van der Waals surface area contributed by atoms with Gasteiger partial charge in [-0.15, -0.1) is 0 Å². The Balaban J connectivity index is 0.000000442. The molecule has 1 fully saturated rings. The highest BCUT2D eigenvalue weighted by atomic mass is 19.4. The quantitative estimate of drug-likeness (QED) is 0.708. The van der Waals surface area contributed by atoms with E-state index in [1.807, 2.05) is 6.79 Å². The number of aliphatic hydroxyl groups excluding tert-OH is 1. The van der Waals surface area contributed by atoms with Crippen molar-refractivity contribution in [2.45, 2.75) is 18.7 Å². The van der Waals surface area contributed by atoms with E-state index in [4.69, 9.17) is 19.4 Å². The first-order valence-electron chi connectivity index (χ1n) is 8.72. The van der Waals surface area contributed by atoms with Crippen LogP contribution in [-0.4, -0.2) is 45.2 Å². The van der Waals surface area contributed by atoms with E-state index in [9.17, 15) is 13.2 Å². The van der Waals surface area contributed by atoms with Gasteiger partial charge in [0.1, 0.15) is 24.0 Å². The number of ether oxygens (including phenoxy) is 2. The summed E-state index contributed by atoms with van der Waals surface area (Å²) in [6, 6.07) is 9.63. The molecule has 2 aromatic rings. The number of benzene rings is 2. The molecule has 1 atom stereocenters. The maximum absolute atomic E-state index is 12.5. The molecule has 1 aliphatic rings. The van der Waals surface area contributed by atoms with E-state index in [0.717, 1.165) is 37.3 Å². The smallest absolute Gasteiger partial charge is 0.416 e. The van der Waals surface area contributed by atoms with Crippen molar-refractivity contribution < 1.29 is 32.5 Å². The first kappa shape index (κ1) is 24.3. The molecule has 160 valence electrons. The molecule has 1 saturated heterocycles. The second kappa shape index (κ2) is 11.9. The molecular weight excluding hydrogens is 389 g/mol. The predicted molar refractivity (Wildman–Crippen MR) is 105 cm³/mol. The summed E-state index contributed by atoms with van der Waals surface area (Å²) in [6.45, 7) is 3.78. The first-order valence-corrected chi connectivity index (χ1v) is 8.72. The highest BCUT2D eigenvalue weighted by Gasteiger charge is 2.30. The van der Waals surface area contributed by atoms with Crippen molar-refractivity contribution in [3.05, 3.63) is 48.0 Å². The van der Waals surface area contributed by atoms with E-state index in [0.29, 0.717) is 17.2 Å². The molecule has 0 aliphatic carbocycles. The number of hydrogen-bond donors (Lipinski definition) is 3. The van der Waals surface area contributed by atoms with Gasteiger partial charge in [0.05, 0.1) is 24.5 Å². The number of hydrogen-bond acceptors (Lipinski definition) is 6. The second-order valence-electron chi connectivity index (χ2n) is 5.88. The van der Waals surface area contributed by atoms with Gasteiger partial charge in [-0.2, -0.15) is 13.2 Å². The van der Waals surface area contributed by atoms with Crippen LogP contribution in [0.5, 0.6) is 17.2 Å². The Morgan fingerprint density at radius 2 is 1.76 bits per heavy atom. The summed E-state index contributed by atoms with van der Waals surface area (Å²) in [5, 5.41) is 14.6. The Morgan fingerprint density at radius 3 is 2.17 bits per heavy atom. The van der Waals surface area contributed by atoms with E-state index in [2.05, 4.69) is 10.6 Å². The average Bonchev–Trinajstić information content (AvgIpc) is 3.20. The van der Waals surface area contributed by atoms with E-state index >= 15 is 0 Å². The van der Waals surface area contributed by atoms with Crippen molar-refractivity contribution >= 4 is 12.5 Å². The number of β-amino-alcohol motifs (C(OH)–C–C–N with tert-alkyl or cyclic N) is 1. The van der Waals surface area contributed by atoms with Crippen molar-refractivity contribution in [2.24, 2.45) is 0 Å². The predicted octanol–water partition coefficient (Wildman–Crippen LogP) is 3.70. The van der Waals surface area contributed by atoms with Crippen molar-refractivity contribution in [3.63, 3.8) is 0 Å². The minimum Gasteiger partial charge on any atom is -0.495 e. The van der Waals surface area contributed by atoms with Gasteiger partial charge < -0.3 is 30.0 Å². The molecule has 3 N–H and O–H groups in total. The van der Waals surface area contributed by atoms with Crippen LogP contribution in [-0.2, 0) is 11.0 Å². The van der Waals surface area contributed by atoms with Gasteiger partial charge >= 0.3 is 6.18 Å². The Morgan fingerprint density at radius 1 is 1.14 bits per heavy atom. The van der Waals surface area contributed by atoms with Gasteiger partial charge in [-0.25, -0.2) is 0 Å². The van der Waals surface area contributed by atoms with Gasteiger partial charge in [0.15, 0.2) is 0 Å². The lowest BCUT2D eigenvalue weighted by atomic mass is 10.2. The van der Waals surface area contributed by atoms with E-state index < -0.39 is 11.7 Å². The fourth-order valence-corrected chi connectivity index (χ4v) is 2.43. The largest absolute Gasteiger partial charge is 0.495 e. The van der Waals surface area contributed by atoms with E-state index in [1.54, 1.807) is 32.4 Å².